The van der Waals surface area contributed by atoms with E-state index in [1.54, 1.807) is 6.08 Å². The lowest BCUT2D eigenvalue weighted by Crippen LogP contribution is -2.51. The normalized spacial score (nSPS) is 24.9. The molecule has 0 bridgehead atoms. The molecule has 1 aromatic rings. The Bertz CT molecular complexity index is 608. The molecule has 2 heterocycles. The number of hydrogen-bond donors (Lipinski definition) is 1. The minimum absolute atomic E-state index is 0.00845. The molecule has 2 aliphatic heterocycles. The molecule has 0 radical (unpaired) electrons. The Kier molecular flexibility index (Phi) is 6.83. The van der Waals surface area contributed by atoms with Crippen LogP contribution in [0.25, 0.3) is 0 Å². The highest BCUT2D eigenvalue weighted by atomic mass is 16.5. The second kappa shape index (κ2) is 9.31. The van der Waals surface area contributed by atoms with Crippen LogP contribution in [0.3, 0.4) is 0 Å². The zero-order valence-corrected chi connectivity index (χ0v) is 15.6. The molecule has 5 heteroatoms. The van der Waals surface area contributed by atoms with Gasteiger partial charge in [0.25, 0.3) is 0 Å². The number of aryl methyl sites for hydroxylation is 1. The molecule has 1 aromatic carbocycles. The number of morpholine rings is 1. The van der Waals surface area contributed by atoms with Crippen molar-refractivity contribution in [1.82, 2.24) is 9.80 Å². The number of hydrogen-bond acceptors (Lipinski definition) is 4. The van der Waals surface area contributed by atoms with Crippen molar-refractivity contribution in [3.05, 3.63) is 47.5 Å². The number of likely N-dealkylation sites (tertiary alicyclic amines) is 1. The second-order valence-electron chi connectivity index (χ2n) is 7.31. The minimum Gasteiger partial charge on any atom is -0.391 e. The molecule has 0 aromatic heterocycles. The van der Waals surface area contributed by atoms with Gasteiger partial charge in [-0.2, -0.15) is 0 Å². The smallest absolute Gasteiger partial charge is 0.246 e. The summed E-state index contributed by atoms with van der Waals surface area (Å²) in [5.41, 5.74) is 2.38. The molecule has 2 atom stereocenters. The summed E-state index contributed by atoms with van der Waals surface area (Å²) in [4.78, 5) is 16.9. The van der Waals surface area contributed by atoms with E-state index in [9.17, 15) is 9.90 Å². The highest BCUT2D eigenvalue weighted by molar-refractivity contribution is 5.88. The lowest BCUT2D eigenvalue weighted by molar-refractivity contribution is -0.133. The van der Waals surface area contributed by atoms with Gasteiger partial charge in [-0.3, -0.25) is 9.69 Å². The van der Waals surface area contributed by atoms with Crippen LogP contribution in [0.4, 0.5) is 0 Å². The largest absolute Gasteiger partial charge is 0.391 e. The summed E-state index contributed by atoms with van der Waals surface area (Å²) in [7, 11) is 0. The van der Waals surface area contributed by atoms with Gasteiger partial charge in [0.05, 0.1) is 25.4 Å². The van der Waals surface area contributed by atoms with E-state index in [0.29, 0.717) is 13.0 Å². The summed E-state index contributed by atoms with van der Waals surface area (Å²) in [5.74, 6) is 0.00845. The maximum Gasteiger partial charge on any atom is 0.246 e. The van der Waals surface area contributed by atoms with Crippen molar-refractivity contribution in [3.63, 3.8) is 0 Å². The van der Waals surface area contributed by atoms with Crippen LogP contribution in [0, 0.1) is 6.92 Å². The third-order valence-electron chi connectivity index (χ3n) is 5.32. The number of carbonyl (C=O) groups excluding carboxylic acids is 1. The number of aliphatic hydroxyl groups excluding tert-OH is 1. The highest BCUT2D eigenvalue weighted by Gasteiger charge is 2.32. The number of piperidine rings is 1. The summed E-state index contributed by atoms with van der Waals surface area (Å²) in [6.45, 7) is 6.90. The average molecular weight is 358 g/mol. The third-order valence-corrected chi connectivity index (χ3v) is 5.32. The third kappa shape index (κ3) is 5.16. The second-order valence-corrected chi connectivity index (χ2v) is 7.31. The first-order chi connectivity index (χ1) is 12.6. The van der Waals surface area contributed by atoms with Crippen molar-refractivity contribution < 1.29 is 14.6 Å². The molecule has 0 aliphatic carbocycles. The molecule has 0 saturated carbocycles. The van der Waals surface area contributed by atoms with Gasteiger partial charge in [0.1, 0.15) is 0 Å². The fraction of sp³-hybridized carbons (Fsp3) is 0.571. The van der Waals surface area contributed by atoms with Gasteiger partial charge in [-0.15, -0.1) is 0 Å². The van der Waals surface area contributed by atoms with Crippen LogP contribution >= 0.6 is 0 Å². The first kappa shape index (κ1) is 19.1. The SMILES string of the molecule is Cc1ccc(C[C@H]2[C@@H](O)CCCN2C(=O)C=CCN2CCOCC2)cc1. The van der Waals surface area contributed by atoms with Gasteiger partial charge < -0.3 is 14.7 Å². The van der Waals surface area contributed by atoms with Crippen LogP contribution < -0.4 is 0 Å². The van der Waals surface area contributed by atoms with E-state index in [2.05, 4.69) is 36.1 Å². The molecule has 1 amide bonds. The van der Waals surface area contributed by atoms with Crippen LogP contribution in [0.15, 0.2) is 36.4 Å². The fourth-order valence-electron chi connectivity index (χ4n) is 3.70. The first-order valence-electron chi connectivity index (χ1n) is 9.64. The van der Waals surface area contributed by atoms with E-state index in [0.717, 1.165) is 51.3 Å². The Balaban J connectivity index is 1.60. The number of carbonyl (C=O) groups is 1. The lowest BCUT2D eigenvalue weighted by atomic mass is 9.92. The summed E-state index contributed by atoms with van der Waals surface area (Å²) < 4.78 is 5.34. The Morgan fingerprint density at radius 1 is 1.23 bits per heavy atom. The van der Waals surface area contributed by atoms with Crippen LogP contribution in [0.1, 0.15) is 24.0 Å². The molecule has 1 N–H and O–H groups in total. The van der Waals surface area contributed by atoms with E-state index >= 15 is 0 Å². The number of aliphatic hydroxyl groups is 1. The molecule has 3 rings (SSSR count). The number of ether oxygens (including phenoxy) is 1. The minimum atomic E-state index is -0.457. The van der Waals surface area contributed by atoms with Crippen molar-refractivity contribution in [2.45, 2.75) is 38.3 Å². The standard InChI is InChI=1S/C21H30N2O3/c1-17-6-8-18(9-7-17)16-19-20(24)4-2-11-23(19)21(25)5-3-10-22-12-14-26-15-13-22/h3,5-9,19-20,24H,2,4,10-16H2,1H3/t19-,20-/m0/s1. The van der Waals surface area contributed by atoms with E-state index in [-0.39, 0.29) is 11.9 Å². The summed E-state index contributed by atoms with van der Waals surface area (Å²) in [6, 6.07) is 8.20. The van der Waals surface area contributed by atoms with Gasteiger partial charge in [0.2, 0.25) is 5.91 Å². The van der Waals surface area contributed by atoms with Crippen LogP contribution in [-0.2, 0) is 16.0 Å². The number of rotatable bonds is 5. The summed E-state index contributed by atoms with van der Waals surface area (Å²) >= 11 is 0. The van der Waals surface area contributed by atoms with E-state index < -0.39 is 6.10 Å². The van der Waals surface area contributed by atoms with Crippen molar-refractivity contribution in [2.24, 2.45) is 0 Å². The molecule has 0 unspecified atom stereocenters. The van der Waals surface area contributed by atoms with Crippen LogP contribution in [0.2, 0.25) is 0 Å². The zero-order chi connectivity index (χ0) is 18.4. The van der Waals surface area contributed by atoms with Crippen LogP contribution in [0.5, 0.6) is 0 Å². The van der Waals surface area contributed by atoms with E-state index in [1.807, 2.05) is 11.0 Å². The number of benzene rings is 1. The summed E-state index contributed by atoms with van der Waals surface area (Å²) in [5, 5.41) is 10.5. The van der Waals surface area contributed by atoms with Gasteiger partial charge in [-0.05, 0) is 31.7 Å². The van der Waals surface area contributed by atoms with Gasteiger partial charge in [0, 0.05) is 32.3 Å². The Morgan fingerprint density at radius 3 is 2.69 bits per heavy atom. The zero-order valence-electron chi connectivity index (χ0n) is 15.6. The quantitative estimate of drug-likeness (QED) is 0.815. The predicted octanol–water partition coefficient (Wildman–Crippen LogP) is 1.78. The molecule has 2 saturated heterocycles. The molecular formula is C21H30N2O3. The maximum atomic E-state index is 12.7. The van der Waals surface area contributed by atoms with Crippen molar-refractivity contribution in [3.8, 4) is 0 Å². The van der Waals surface area contributed by atoms with E-state index in [1.165, 1.54) is 5.56 Å². The van der Waals surface area contributed by atoms with Gasteiger partial charge in [0.15, 0.2) is 0 Å². The monoisotopic (exact) mass is 358 g/mol. The highest BCUT2D eigenvalue weighted by Crippen LogP contribution is 2.22. The fourth-order valence-corrected chi connectivity index (χ4v) is 3.70. The van der Waals surface area contributed by atoms with Gasteiger partial charge in [-0.1, -0.05) is 35.9 Å². The van der Waals surface area contributed by atoms with Gasteiger partial charge >= 0.3 is 0 Å². The Labute approximate surface area is 156 Å². The van der Waals surface area contributed by atoms with Crippen molar-refractivity contribution in [1.29, 1.82) is 0 Å². The topological polar surface area (TPSA) is 53.0 Å². The van der Waals surface area contributed by atoms with Crippen molar-refractivity contribution >= 4 is 5.91 Å². The Hall–Kier alpha value is -1.69. The predicted molar refractivity (Wildman–Crippen MR) is 102 cm³/mol. The number of amides is 1. The summed E-state index contributed by atoms with van der Waals surface area (Å²) in [6.07, 6.45) is 5.48. The van der Waals surface area contributed by atoms with Crippen molar-refractivity contribution in [2.75, 3.05) is 39.4 Å². The Morgan fingerprint density at radius 2 is 1.96 bits per heavy atom. The molecule has 26 heavy (non-hydrogen) atoms. The molecular weight excluding hydrogens is 328 g/mol. The molecule has 2 aliphatic rings. The lowest BCUT2D eigenvalue weighted by Gasteiger charge is -2.39. The molecule has 5 nitrogen and oxygen atoms in total. The molecule has 142 valence electrons. The molecule has 2 fully saturated rings. The number of nitrogens with zero attached hydrogens (tertiary/aromatic N) is 2. The molecule has 0 spiro atoms. The van der Waals surface area contributed by atoms with Crippen LogP contribution in [-0.4, -0.2) is 72.4 Å². The first-order valence-corrected chi connectivity index (χ1v) is 9.64. The van der Waals surface area contributed by atoms with Gasteiger partial charge in [-0.25, -0.2) is 0 Å². The van der Waals surface area contributed by atoms with E-state index in [4.69, 9.17) is 4.74 Å². The average Bonchev–Trinajstić information content (AvgIpc) is 2.66. The maximum absolute atomic E-state index is 12.7.